The number of para-hydroxylation sites is 1. The van der Waals surface area contributed by atoms with Crippen molar-refractivity contribution in [3.8, 4) is 0 Å². The number of nitrogens with zero attached hydrogens (tertiary/aromatic N) is 2. The topological polar surface area (TPSA) is 71.4 Å². The summed E-state index contributed by atoms with van der Waals surface area (Å²) in [6.45, 7) is 4.12. The zero-order chi connectivity index (χ0) is 26.8. The fourth-order valence-electron chi connectivity index (χ4n) is 4.40. The Labute approximate surface area is 224 Å². The van der Waals surface area contributed by atoms with Gasteiger partial charge in [-0.2, -0.15) is 0 Å². The second-order valence-corrected chi connectivity index (χ2v) is 10.4. The average molecular weight is 528 g/mol. The van der Waals surface area contributed by atoms with Gasteiger partial charge in [-0.25, -0.2) is 4.39 Å². The van der Waals surface area contributed by atoms with Gasteiger partial charge in [0.2, 0.25) is 5.91 Å². The van der Waals surface area contributed by atoms with E-state index in [9.17, 15) is 18.8 Å². The first-order valence-electron chi connectivity index (χ1n) is 12.3. The normalized spacial score (nSPS) is 14.7. The van der Waals surface area contributed by atoms with E-state index in [0.717, 1.165) is 38.7 Å². The molecule has 0 radical (unpaired) electrons. The minimum atomic E-state index is -0.517. The zero-order valence-corrected chi connectivity index (χ0v) is 21.8. The minimum Gasteiger partial charge on any atom is -0.342 e. The van der Waals surface area contributed by atoms with Crippen molar-refractivity contribution in [3.05, 3.63) is 106 Å². The Bertz CT molecular complexity index is 1570. The molecule has 192 valence electrons. The Hall–Kier alpha value is -4.17. The second-order valence-electron chi connectivity index (χ2n) is 9.41. The van der Waals surface area contributed by atoms with E-state index in [1.54, 1.807) is 36.4 Å². The highest BCUT2D eigenvalue weighted by Gasteiger charge is 2.36. The van der Waals surface area contributed by atoms with Gasteiger partial charge in [0.1, 0.15) is 12.4 Å². The number of aromatic nitrogens is 1. The van der Waals surface area contributed by atoms with Crippen LogP contribution in [0.25, 0.3) is 17.0 Å². The van der Waals surface area contributed by atoms with Crippen molar-refractivity contribution in [2.24, 2.45) is 0 Å². The number of hydrogen-bond donors (Lipinski definition) is 1. The fourth-order valence-corrected chi connectivity index (χ4v) is 5.23. The molecule has 0 bridgehead atoms. The van der Waals surface area contributed by atoms with Crippen LogP contribution in [0.1, 0.15) is 36.5 Å². The van der Waals surface area contributed by atoms with Crippen LogP contribution in [0.3, 0.4) is 0 Å². The molecule has 4 aromatic rings. The first kappa shape index (κ1) is 25.5. The quantitative estimate of drug-likeness (QED) is 0.274. The van der Waals surface area contributed by atoms with Gasteiger partial charge >= 0.3 is 0 Å². The zero-order valence-electron chi connectivity index (χ0n) is 21.0. The fraction of sp³-hybridized carbons (Fsp3) is 0.167. The summed E-state index contributed by atoms with van der Waals surface area (Å²) in [5.74, 6) is -0.888. The molecule has 1 saturated heterocycles. The van der Waals surface area contributed by atoms with Crippen molar-refractivity contribution in [3.63, 3.8) is 0 Å². The SMILES string of the molecule is CC(C)c1ccc(NC(=O)CN2C(=O)S/C(=C\c3cn(Cc4ccccc4F)c4ccccc34)C2=O)cc1. The molecule has 8 heteroatoms. The summed E-state index contributed by atoms with van der Waals surface area (Å²) in [4.78, 5) is 39.5. The molecule has 6 nitrogen and oxygen atoms in total. The van der Waals surface area contributed by atoms with Crippen molar-refractivity contribution in [2.45, 2.75) is 26.3 Å². The lowest BCUT2D eigenvalue weighted by Crippen LogP contribution is -2.36. The maximum absolute atomic E-state index is 14.3. The van der Waals surface area contributed by atoms with E-state index in [0.29, 0.717) is 23.7 Å². The smallest absolute Gasteiger partial charge is 0.294 e. The molecule has 0 atom stereocenters. The molecule has 1 N–H and O–H groups in total. The number of halogens is 1. The van der Waals surface area contributed by atoms with Crippen LogP contribution < -0.4 is 5.32 Å². The monoisotopic (exact) mass is 527 g/mol. The van der Waals surface area contributed by atoms with Gasteiger partial charge in [-0.1, -0.05) is 62.4 Å². The lowest BCUT2D eigenvalue weighted by Gasteiger charge is -2.13. The Morgan fingerprint density at radius 2 is 1.71 bits per heavy atom. The van der Waals surface area contributed by atoms with Gasteiger partial charge in [-0.05, 0) is 53.6 Å². The van der Waals surface area contributed by atoms with E-state index >= 15 is 0 Å². The lowest BCUT2D eigenvalue weighted by molar-refractivity contribution is -0.127. The second kappa shape index (κ2) is 10.7. The largest absolute Gasteiger partial charge is 0.342 e. The molecule has 2 heterocycles. The number of amides is 3. The molecule has 0 unspecified atom stereocenters. The van der Waals surface area contributed by atoms with Crippen LogP contribution in [-0.2, 0) is 16.1 Å². The number of thioether (sulfide) groups is 1. The molecule has 3 amide bonds. The first-order valence-corrected chi connectivity index (χ1v) is 13.1. The summed E-state index contributed by atoms with van der Waals surface area (Å²) in [5.41, 5.74) is 3.91. The summed E-state index contributed by atoms with van der Waals surface area (Å²) in [7, 11) is 0. The van der Waals surface area contributed by atoms with Crippen LogP contribution in [0, 0.1) is 5.82 Å². The summed E-state index contributed by atoms with van der Waals surface area (Å²) in [6, 6.07) is 21.7. The highest BCUT2D eigenvalue weighted by molar-refractivity contribution is 8.18. The molecule has 0 spiro atoms. The summed E-state index contributed by atoms with van der Waals surface area (Å²) in [5, 5.41) is 3.12. The Morgan fingerprint density at radius 1 is 1.00 bits per heavy atom. The molecule has 1 fully saturated rings. The van der Waals surface area contributed by atoms with Crippen molar-refractivity contribution in [2.75, 3.05) is 11.9 Å². The van der Waals surface area contributed by atoms with Crippen molar-refractivity contribution in [1.29, 1.82) is 0 Å². The minimum absolute atomic E-state index is 0.234. The Balaban J connectivity index is 1.34. The van der Waals surface area contributed by atoms with Crippen molar-refractivity contribution >= 4 is 51.5 Å². The van der Waals surface area contributed by atoms with E-state index in [1.165, 1.54) is 6.07 Å². The highest BCUT2D eigenvalue weighted by Crippen LogP contribution is 2.34. The molecular weight excluding hydrogens is 501 g/mol. The van der Waals surface area contributed by atoms with Crippen LogP contribution in [0.2, 0.25) is 0 Å². The number of rotatable bonds is 7. The molecule has 1 aromatic heterocycles. The Morgan fingerprint density at radius 3 is 2.45 bits per heavy atom. The van der Waals surface area contributed by atoms with Gasteiger partial charge in [-0.15, -0.1) is 0 Å². The number of carbonyl (C=O) groups excluding carboxylic acids is 3. The number of nitrogens with one attached hydrogen (secondary N) is 1. The van der Waals surface area contributed by atoms with Crippen LogP contribution in [0.5, 0.6) is 0 Å². The van der Waals surface area contributed by atoms with E-state index in [1.807, 2.05) is 47.2 Å². The Kier molecular flexibility index (Phi) is 7.15. The molecule has 1 aliphatic heterocycles. The average Bonchev–Trinajstić information content (AvgIpc) is 3.37. The third-order valence-electron chi connectivity index (χ3n) is 6.44. The number of imide groups is 1. The third kappa shape index (κ3) is 5.26. The standard InChI is InChI=1S/C30H26FN3O3S/c1-19(2)20-11-13-23(14-12-20)32-28(35)18-34-29(36)27(38-30(34)37)15-22-17-33(26-10-6-4-8-24(22)26)16-21-7-3-5-9-25(21)31/h3-15,17,19H,16,18H2,1-2H3,(H,32,35)/b27-15-. The molecule has 1 aliphatic rings. The predicted octanol–water partition coefficient (Wildman–Crippen LogP) is 6.63. The van der Waals surface area contributed by atoms with E-state index < -0.39 is 17.1 Å². The maximum atomic E-state index is 14.3. The first-order chi connectivity index (χ1) is 18.3. The van der Waals surface area contributed by atoms with Crippen molar-refractivity contribution < 1.29 is 18.8 Å². The summed E-state index contributed by atoms with van der Waals surface area (Å²) < 4.78 is 16.2. The van der Waals surface area contributed by atoms with Crippen LogP contribution in [-0.4, -0.2) is 33.1 Å². The van der Waals surface area contributed by atoms with Crippen LogP contribution in [0.15, 0.2) is 83.9 Å². The number of anilines is 1. The van der Waals surface area contributed by atoms with Gasteiger partial charge in [0.15, 0.2) is 0 Å². The van der Waals surface area contributed by atoms with Crippen LogP contribution in [0.4, 0.5) is 14.9 Å². The molecule has 0 aliphatic carbocycles. The van der Waals surface area contributed by atoms with E-state index in [4.69, 9.17) is 0 Å². The maximum Gasteiger partial charge on any atom is 0.294 e. The molecule has 0 saturated carbocycles. The molecular formula is C30H26FN3O3S. The summed E-state index contributed by atoms with van der Waals surface area (Å²) >= 11 is 0.804. The van der Waals surface area contributed by atoms with Crippen LogP contribution >= 0.6 is 11.8 Å². The van der Waals surface area contributed by atoms with Gasteiger partial charge < -0.3 is 9.88 Å². The summed E-state index contributed by atoms with van der Waals surface area (Å²) in [6.07, 6.45) is 3.51. The highest BCUT2D eigenvalue weighted by atomic mass is 32.2. The third-order valence-corrected chi connectivity index (χ3v) is 7.35. The lowest BCUT2D eigenvalue weighted by atomic mass is 10.0. The number of fused-ring (bicyclic) bond motifs is 1. The van der Waals surface area contributed by atoms with Gasteiger partial charge in [0, 0.05) is 33.9 Å². The van der Waals surface area contributed by atoms with Gasteiger partial charge in [0.25, 0.3) is 11.1 Å². The van der Waals surface area contributed by atoms with E-state index in [2.05, 4.69) is 19.2 Å². The van der Waals surface area contributed by atoms with E-state index in [-0.39, 0.29) is 17.3 Å². The molecule has 3 aromatic carbocycles. The number of benzene rings is 3. The number of carbonyl (C=O) groups is 3. The predicted molar refractivity (Wildman–Crippen MR) is 149 cm³/mol. The van der Waals surface area contributed by atoms with Crippen molar-refractivity contribution in [1.82, 2.24) is 9.47 Å². The number of hydrogen-bond acceptors (Lipinski definition) is 4. The molecule has 5 rings (SSSR count). The molecule has 38 heavy (non-hydrogen) atoms. The van der Waals surface area contributed by atoms with Gasteiger partial charge in [-0.3, -0.25) is 19.3 Å². The van der Waals surface area contributed by atoms with Gasteiger partial charge in [0.05, 0.1) is 11.4 Å².